The summed E-state index contributed by atoms with van der Waals surface area (Å²) in [7, 11) is 0. The largest absolute Gasteiger partial charge is 0.366 e. The molecule has 1 aliphatic heterocycles. The molecule has 4 rings (SSSR count). The molecule has 0 saturated heterocycles. The van der Waals surface area contributed by atoms with Gasteiger partial charge in [-0.3, -0.25) is 4.90 Å². The van der Waals surface area contributed by atoms with E-state index >= 15 is 0 Å². The molecule has 2 heterocycles. The van der Waals surface area contributed by atoms with Crippen molar-refractivity contribution in [3.05, 3.63) is 80.9 Å². The van der Waals surface area contributed by atoms with Gasteiger partial charge in [-0.25, -0.2) is 9.78 Å². The number of urea groups is 1. The fourth-order valence-corrected chi connectivity index (χ4v) is 3.69. The summed E-state index contributed by atoms with van der Waals surface area (Å²) in [5.41, 5.74) is 2.89. The van der Waals surface area contributed by atoms with Gasteiger partial charge >= 0.3 is 6.03 Å². The van der Waals surface area contributed by atoms with Crippen molar-refractivity contribution in [3.63, 3.8) is 0 Å². The molecule has 0 aliphatic carbocycles. The molecule has 8 heteroatoms. The van der Waals surface area contributed by atoms with E-state index in [0.29, 0.717) is 45.4 Å². The number of nitrogens with zero attached hydrogens (tertiary/aromatic N) is 2. The number of nitrogens with one attached hydrogen (secondary N) is 2. The Labute approximate surface area is 177 Å². The number of aromatic nitrogens is 1. The number of fused-ring (bicyclic) bond motifs is 1. The van der Waals surface area contributed by atoms with Crippen LogP contribution >= 0.6 is 34.8 Å². The van der Waals surface area contributed by atoms with Crippen LogP contribution in [-0.2, 0) is 13.1 Å². The molecule has 1 aromatic heterocycles. The topological polar surface area (TPSA) is 57.3 Å². The third kappa shape index (κ3) is 3.74. The molecule has 142 valence electrons. The molecule has 0 unspecified atom stereocenters. The minimum absolute atomic E-state index is 0.300. The second kappa shape index (κ2) is 7.87. The number of carbonyl (C=O) groups is 1. The minimum atomic E-state index is -0.300. The van der Waals surface area contributed by atoms with E-state index in [2.05, 4.69) is 15.6 Å². The Kier molecular flexibility index (Phi) is 5.31. The van der Waals surface area contributed by atoms with E-state index in [-0.39, 0.29) is 6.03 Å². The van der Waals surface area contributed by atoms with Crippen LogP contribution in [0, 0.1) is 0 Å². The summed E-state index contributed by atoms with van der Waals surface area (Å²) in [4.78, 5) is 18.6. The lowest BCUT2D eigenvalue weighted by molar-refractivity contribution is 0.247. The molecular weight excluding hydrogens is 419 g/mol. The van der Waals surface area contributed by atoms with Gasteiger partial charge in [0.2, 0.25) is 0 Å². The Morgan fingerprint density at radius 3 is 2.43 bits per heavy atom. The summed E-state index contributed by atoms with van der Waals surface area (Å²) in [6, 6.07) is 16.1. The lowest BCUT2D eigenvalue weighted by Gasteiger charge is -2.30. The number of halogens is 3. The van der Waals surface area contributed by atoms with Crippen LogP contribution in [0.3, 0.4) is 0 Å². The summed E-state index contributed by atoms with van der Waals surface area (Å²) in [5.74, 6) is 0.704. The normalized spacial score (nSPS) is 13.1. The summed E-state index contributed by atoms with van der Waals surface area (Å²) in [6.07, 6.45) is 0. The van der Waals surface area contributed by atoms with Crippen LogP contribution in [0.15, 0.2) is 54.6 Å². The van der Waals surface area contributed by atoms with E-state index in [0.717, 1.165) is 11.3 Å². The van der Waals surface area contributed by atoms with Crippen molar-refractivity contribution in [2.75, 3.05) is 10.2 Å². The third-order valence-corrected chi connectivity index (χ3v) is 5.21. The highest BCUT2D eigenvalue weighted by Crippen LogP contribution is 2.40. The van der Waals surface area contributed by atoms with E-state index in [1.54, 1.807) is 18.2 Å². The second-order valence-corrected chi connectivity index (χ2v) is 7.46. The maximum atomic E-state index is 12.5. The lowest BCUT2D eigenvalue weighted by atomic mass is 10.2. The highest BCUT2D eigenvalue weighted by Gasteiger charge is 2.29. The quantitative estimate of drug-likeness (QED) is 0.529. The Morgan fingerprint density at radius 1 is 1.00 bits per heavy atom. The van der Waals surface area contributed by atoms with Crippen LogP contribution in [0.4, 0.5) is 22.0 Å². The van der Waals surface area contributed by atoms with Gasteiger partial charge in [0.25, 0.3) is 0 Å². The average molecular weight is 434 g/mol. The highest BCUT2D eigenvalue weighted by atomic mass is 35.5. The van der Waals surface area contributed by atoms with Crippen molar-refractivity contribution >= 4 is 58.0 Å². The van der Waals surface area contributed by atoms with Crippen LogP contribution in [0.2, 0.25) is 15.1 Å². The fraction of sp³-hybridized carbons (Fsp3) is 0.100. The molecule has 0 fully saturated rings. The number of hydrogen-bond acceptors (Lipinski definition) is 3. The van der Waals surface area contributed by atoms with E-state index in [4.69, 9.17) is 34.8 Å². The molecule has 0 atom stereocenters. The maximum Gasteiger partial charge on any atom is 0.326 e. The van der Waals surface area contributed by atoms with Gasteiger partial charge in [-0.2, -0.15) is 0 Å². The number of carbonyl (C=O) groups excluding carboxylic acids is 1. The molecule has 0 radical (unpaired) electrons. The zero-order valence-corrected chi connectivity index (χ0v) is 16.8. The number of benzene rings is 2. The highest BCUT2D eigenvalue weighted by molar-refractivity contribution is 6.40. The monoisotopic (exact) mass is 432 g/mol. The molecule has 2 aromatic carbocycles. The van der Waals surface area contributed by atoms with Crippen LogP contribution in [0.25, 0.3) is 0 Å². The van der Waals surface area contributed by atoms with Gasteiger partial charge in [-0.1, -0.05) is 53.0 Å². The van der Waals surface area contributed by atoms with Crippen LogP contribution < -0.4 is 15.5 Å². The first-order valence-corrected chi connectivity index (χ1v) is 9.66. The van der Waals surface area contributed by atoms with Crippen molar-refractivity contribution in [3.8, 4) is 0 Å². The SMILES string of the molecule is O=C1NCc2nc(NCc3ccc(Cl)cc3)ccc2N1c1c(Cl)cccc1Cl. The van der Waals surface area contributed by atoms with Gasteiger partial charge in [-0.05, 0) is 42.0 Å². The summed E-state index contributed by atoms with van der Waals surface area (Å²) < 4.78 is 0. The smallest absolute Gasteiger partial charge is 0.326 e. The molecule has 2 amide bonds. The number of para-hydroxylation sites is 1. The predicted octanol–water partition coefficient (Wildman–Crippen LogP) is 6.02. The zero-order valence-electron chi connectivity index (χ0n) is 14.5. The van der Waals surface area contributed by atoms with Crippen molar-refractivity contribution in [1.29, 1.82) is 0 Å². The van der Waals surface area contributed by atoms with Crippen molar-refractivity contribution < 1.29 is 4.79 Å². The number of rotatable bonds is 4. The van der Waals surface area contributed by atoms with E-state index < -0.39 is 0 Å². The molecule has 0 bridgehead atoms. The van der Waals surface area contributed by atoms with Gasteiger partial charge in [-0.15, -0.1) is 0 Å². The first-order chi connectivity index (χ1) is 13.5. The molecule has 0 saturated carbocycles. The lowest BCUT2D eigenvalue weighted by Crippen LogP contribution is -2.42. The summed E-state index contributed by atoms with van der Waals surface area (Å²) in [6.45, 7) is 0.929. The number of pyridine rings is 1. The average Bonchev–Trinajstić information content (AvgIpc) is 2.69. The predicted molar refractivity (Wildman–Crippen MR) is 114 cm³/mol. The first kappa shape index (κ1) is 18.9. The first-order valence-electron chi connectivity index (χ1n) is 8.53. The molecule has 5 nitrogen and oxygen atoms in total. The third-order valence-electron chi connectivity index (χ3n) is 4.35. The van der Waals surface area contributed by atoms with Crippen LogP contribution in [-0.4, -0.2) is 11.0 Å². The van der Waals surface area contributed by atoms with Gasteiger partial charge in [0.1, 0.15) is 5.82 Å². The minimum Gasteiger partial charge on any atom is -0.366 e. The van der Waals surface area contributed by atoms with Crippen molar-refractivity contribution in [2.24, 2.45) is 0 Å². The van der Waals surface area contributed by atoms with Crippen LogP contribution in [0.5, 0.6) is 0 Å². The van der Waals surface area contributed by atoms with Crippen molar-refractivity contribution in [1.82, 2.24) is 10.3 Å². The van der Waals surface area contributed by atoms with Gasteiger partial charge in [0.05, 0.1) is 33.7 Å². The zero-order chi connectivity index (χ0) is 19.7. The van der Waals surface area contributed by atoms with E-state index in [1.807, 2.05) is 36.4 Å². The fourth-order valence-electron chi connectivity index (χ4n) is 2.99. The molecule has 0 spiro atoms. The van der Waals surface area contributed by atoms with Gasteiger partial charge in [0.15, 0.2) is 0 Å². The standard InChI is InChI=1S/C20H15Cl3N4O/c21-13-6-4-12(5-7-13)10-24-18-9-8-17-16(26-18)11-25-20(28)27(17)19-14(22)2-1-3-15(19)23/h1-9H,10-11H2,(H,24,26)(H,25,28). The summed E-state index contributed by atoms with van der Waals surface area (Å²) >= 11 is 18.5. The Balaban J connectivity index is 1.62. The van der Waals surface area contributed by atoms with E-state index in [1.165, 1.54) is 4.90 Å². The Morgan fingerprint density at radius 2 is 1.71 bits per heavy atom. The molecular formula is C20H15Cl3N4O. The number of hydrogen-bond donors (Lipinski definition) is 2. The molecule has 1 aliphatic rings. The Bertz CT molecular complexity index is 1020. The molecule has 3 aromatic rings. The number of amides is 2. The Hall–Kier alpha value is -2.47. The number of anilines is 3. The van der Waals surface area contributed by atoms with E-state index in [9.17, 15) is 4.79 Å². The molecule has 28 heavy (non-hydrogen) atoms. The van der Waals surface area contributed by atoms with Crippen LogP contribution in [0.1, 0.15) is 11.3 Å². The molecule has 2 N–H and O–H groups in total. The van der Waals surface area contributed by atoms with Crippen molar-refractivity contribution in [2.45, 2.75) is 13.1 Å². The second-order valence-electron chi connectivity index (χ2n) is 6.21. The van der Waals surface area contributed by atoms with Gasteiger partial charge in [0, 0.05) is 11.6 Å². The maximum absolute atomic E-state index is 12.5. The van der Waals surface area contributed by atoms with Gasteiger partial charge < -0.3 is 10.6 Å². The summed E-state index contributed by atoms with van der Waals surface area (Å²) in [5, 5.41) is 7.57.